The first-order valence-electron chi connectivity index (χ1n) is 6.81. The van der Waals surface area contributed by atoms with E-state index in [0.717, 1.165) is 5.56 Å². The molecule has 1 aromatic carbocycles. The van der Waals surface area contributed by atoms with Gasteiger partial charge in [0, 0.05) is 33.2 Å². The van der Waals surface area contributed by atoms with Crippen molar-refractivity contribution in [3.05, 3.63) is 28.8 Å². The van der Waals surface area contributed by atoms with E-state index in [1.807, 2.05) is 20.8 Å². The lowest BCUT2D eigenvalue weighted by atomic mass is 10.2. The Balaban J connectivity index is 2.57. The van der Waals surface area contributed by atoms with Crippen LogP contribution in [-0.4, -0.2) is 28.2 Å². The van der Waals surface area contributed by atoms with E-state index in [9.17, 15) is 9.00 Å². The summed E-state index contributed by atoms with van der Waals surface area (Å²) in [4.78, 5) is 11.9. The number of hydrogen-bond acceptors (Lipinski definition) is 3. The second-order valence-electron chi connectivity index (χ2n) is 5.21. The Morgan fingerprint density at radius 1 is 1.38 bits per heavy atom. The number of halogens is 1. The van der Waals surface area contributed by atoms with Crippen molar-refractivity contribution in [2.45, 2.75) is 32.6 Å². The zero-order valence-electron chi connectivity index (χ0n) is 12.8. The molecule has 6 heteroatoms. The molecule has 0 heterocycles. The lowest BCUT2D eigenvalue weighted by Gasteiger charge is -2.15. The third-order valence-corrected chi connectivity index (χ3v) is 5.50. The van der Waals surface area contributed by atoms with E-state index in [1.54, 1.807) is 25.3 Å². The minimum atomic E-state index is -1.16. The van der Waals surface area contributed by atoms with Gasteiger partial charge in [-0.2, -0.15) is 0 Å². The Kier molecular flexibility index (Phi) is 7.18. The standard InChI is InChI=1S/C15H22ClNO3S/c1-10(2)11(3)21(19)9-15(18)17-8-12-7-13(16)5-6-14(12)20-4/h5-7,10-11H,8-9H2,1-4H3,(H,17,18). The summed E-state index contributed by atoms with van der Waals surface area (Å²) in [6, 6.07) is 5.22. The predicted molar refractivity (Wildman–Crippen MR) is 87.2 cm³/mol. The van der Waals surface area contributed by atoms with E-state index in [0.29, 0.717) is 17.3 Å². The number of carbonyl (C=O) groups excluding carboxylic acids is 1. The number of carbonyl (C=O) groups is 1. The number of rotatable bonds is 7. The maximum absolute atomic E-state index is 12.0. The van der Waals surface area contributed by atoms with Crippen LogP contribution in [0.15, 0.2) is 18.2 Å². The van der Waals surface area contributed by atoms with Gasteiger partial charge in [-0.05, 0) is 24.1 Å². The maximum Gasteiger partial charge on any atom is 0.232 e. The largest absolute Gasteiger partial charge is 0.496 e. The molecular formula is C15H22ClNO3S. The molecule has 0 aromatic heterocycles. The van der Waals surface area contributed by atoms with E-state index in [2.05, 4.69) is 5.32 Å². The van der Waals surface area contributed by atoms with E-state index in [1.165, 1.54) is 0 Å². The van der Waals surface area contributed by atoms with Crippen molar-refractivity contribution < 1.29 is 13.7 Å². The van der Waals surface area contributed by atoms with Crippen molar-refractivity contribution in [1.29, 1.82) is 0 Å². The van der Waals surface area contributed by atoms with Crippen LogP contribution in [0.2, 0.25) is 5.02 Å². The van der Waals surface area contributed by atoms with Crippen molar-refractivity contribution in [3.63, 3.8) is 0 Å². The summed E-state index contributed by atoms with van der Waals surface area (Å²) in [5.41, 5.74) is 0.793. The van der Waals surface area contributed by atoms with E-state index >= 15 is 0 Å². The molecule has 0 fully saturated rings. The average Bonchev–Trinajstić information content (AvgIpc) is 2.44. The number of ether oxygens (including phenoxy) is 1. The van der Waals surface area contributed by atoms with Gasteiger partial charge in [0.1, 0.15) is 11.5 Å². The molecular weight excluding hydrogens is 310 g/mol. The number of benzene rings is 1. The minimum absolute atomic E-state index is 0.00328. The monoisotopic (exact) mass is 331 g/mol. The third kappa shape index (κ3) is 5.67. The van der Waals surface area contributed by atoms with Gasteiger partial charge in [-0.3, -0.25) is 9.00 Å². The molecule has 21 heavy (non-hydrogen) atoms. The van der Waals surface area contributed by atoms with Crippen molar-refractivity contribution in [2.24, 2.45) is 5.92 Å². The molecule has 1 N–H and O–H groups in total. The van der Waals surface area contributed by atoms with Gasteiger partial charge in [0.25, 0.3) is 0 Å². The summed E-state index contributed by atoms with van der Waals surface area (Å²) in [6.45, 7) is 6.19. The van der Waals surface area contributed by atoms with Crippen molar-refractivity contribution in [3.8, 4) is 5.75 Å². The highest BCUT2D eigenvalue weighted by Gasteiger charge is 2.18. The molecule has 0 saturated heterocycles. The summed E-state index contributed by atoms with van der Waals surface area (Å²) >= 11 is 5.93. The highest BCUT2D eigenvalue weighted by Crippen LogP contribution is 2.22. The van der Waals surface area contributed by atoms with Crippen LogP contribution in [0.25, 0.3) is 0 Å². The second-order valence-corrected chi connectivity index (χ2v) is 7.44. The highest BCUT2D eigenvalue weighted by molar-refractivity contribution is 7.86. The lowest BCUT2D eigenvalue weighted by Crippen LogP contribution is -2.32. The van der Waals surface area contributed by atoms with Crippen LogP contribution in [0, 0.1) is 5.92 Å². The quantitative estimate of drug-likeness (QED) is 0.835. The first kappa shape index (κ1) is 18.0. The van der Waals surface area contributed by atoms with Crippen LogP contribution in [0.4, 0.5) is 0 Å². The Hall–Kier alpha value is -1.07. The Labute approximate surface area is 133 Å². The normalized spacial score (nSPS) is 13.8. The van der Waals surface area contributed by atoms with Crippen LogP contribution >= 0.6 is 11.6 Å². The summed E-state index contributed by atoms with van der Waals surface area (Å²) in [5, 5.41) is 3.33. The molecule has 0 aliphatic carbocycles. The molecule has 0 aliphatic heterocycles. The molecule has 1 aromatic rings. The number of hydrogen-bond donors (Lipinski definition) is 1. The number of methoxy groups -OCH3 is 1. The Bertz CT molecular complexity index is 520. The first-order chi connectivity index (χ1) is 9.85. The maximum atomic E-state index is 12.0. The Morgan fingerprint density at radius 3 is 2.62 bits per heavy atom. The molecule has 2 atom stereocenters. The minimum Gasteiger partial charge on any atom is -0.496 e. The fourth-order valence-electron chi connectivity index (χ4n) is 1.69. The lowest BCUT2D eigenvalue weighted by molar-refractivity contribution is -0.118. The van der Waals surface area contributed by atoms with Gasteiger partial charge in [0.15, 0.2) is 0 Å². The third-order valence-electron chi connectivity index (χ3n) is 3.35. The molecule has 0 aliphatic rings. The summed E-state index contributed by atoms with van der Waals surface area (Å²) < 4.78 is 17.2. The van der Waals surface area contributed by atoms with Crippen molar-refractivity contribution >= 4 is 28.3 Å². The molecule has 1 rings (SSSR count). The van der Waals surface area contributed by atoms with Gasteiger partial charge in [-0.25, -0.2) is 0 Å². The zero-order valence-corrected chi connectivity index (χ0v) is 14.4. The van der Waals surface area contributed by atoms with Crippen LogP contribution in [-0.2, 0) is 22.1 Å². The molecule has 0 saturated carbocycles. The van der Waals surface area contributed by atoms with E-state index in [-0.39, 0.29) is 22.8 Å². The average molecular weight is 332 g/mol. The van der Waals surface area contributed by atoms with E-state index in [4.69, 9.17) is 16.3 Å². The summed E-state index contributed by atoms with van der Waals surface area (Å²) in [5.74, 6) is 0.730. The smallest absolute Gasteiger partial charge is 0.232 e. The molecule has 0 bridgehead atoms. The molecule has 118 valence electrons. The van der Waals surface area contributed by atoms with Gasteiger partial charge in [-0.1, -0.05) is 32.4 Å². The number of amides is 1. The predicted octanol–water partition coefficient (Wildman–Crippen LogP) is 2.76. The fourth-order valence-corrected chi connectivity index (χ4v) is 3.12. The van der Waals surface area contributed by atoms with Gasteiger partial charge in [0.2, 0.25) is 5.91 Å². The number of nitrogens with one attached hydrogen (secondary N) is 1. The van der Waals surface area contributed by atoms with Gasteiger partial charge in [0.05, 0.1) is 7.11 Å². The molecule has 0 radical (unpaired) electrons. The van der Waals surface area contributed by atoms with Crippen LogP contribution in [0.1, 0.15) is 26.3 Å². The SMILES string of the molecule is COc1ccc(Cl)cc1CNC(=O)CS(=O)C(C)C(C)C. The molecule has 2 unspecified atom stereocenters. The fraction of sp³-hybridized carbons (Fsp3) is 0.533. The molecule has 1 amide bonds. The van der Waals surface area contributed by atoms with Gasteiger partial charge >= 0.3 is 0 Å². The van der Waals surface area contributed by atoms with Crippen LogP contribution in [0.3, 0.4) is 0 Å². The highest BCUT2D eigenvalue weighted by atomic mass is 35.5. The van der Waals surface area contributed by atoms with Gasteiger partial charge in [-0.15, -0.1) is 0 Å². The van der Waals surface area contributed by atoms with Crippen molar-refractivity contribution in [1.82, 2.24) is 5.32 Å². The van der Waals surface area contributed by atoms with E-state index < -0.39 is 10.8 Å². The first-order valence-corrected chi connectivity index (χ1v) is 8.57. The van der Waals surface area contributed by atoms with Crippen LogP contribution < -0.4 is 10.1 Å². The molecule has 4 nitrogen and oxygen atoms in total. The second kappa shape index (κ2) is 8.39. The summed E-state index contributed by atoms with van der Waals surface area (Å²) in [6.07, 6.45) is 0. The van der Waals surface area contributed by atoms with Gasteiger partial charge < -0.3 is 10.1 Å². The van der Waals surface area contributed by atoms with Crippen molar-refractivity contribution in [2.75, 3.05) is 12.9 Å². The zero-order chi connectivity index (χ0) is 16.0. The summed E-state index contributed by atoms with van der Waals surface area (Å²) in [7, 11) is 0.400. The Morgan fingerprint density at radius 2 is 2.05 bits per heavy atom. The topological polar surface area (TPSA) is 55.4 Å². The van der Waals surface area contributed by atoms with Crippen LogP contribution in [0.5, 0.6) is 5.75 Å². The molecule has 0 spiro atoms.